The van der Waals surface area contributed by atoms with Gasteiger partial charge in [-0.1, -0.05) is 12.1 Å². The largest absolute Gasteiger partial charge is 0.490 e. The zero-order valence-corrected chi connectivity index (χ0v) is 15.4. The molecule has 1 aliphatic heterocycles. The van der Waals surface area contributed by atoms with Crippen molar-refractivity contribution in [2.75, 3.05) is 26.2 Å². The van der Waals surface area contributed by atoms with Crippen LogP contribution >= 0.6 is 0 Å². The molecule has 136 valence electrons. The molecule has 1 aliphatic rings. The van der Waals surface area contributed by atoms with E-state index in [1.54, 1.807) is 12.5 Å². The van der Waals surface area contributed by atoms with E-state index in [0.717, 1.165) is 48.7 Å². The number of aryl methyl sites for hydroxylation is 2. The number of oxazole rings is 1. The first kappa shape index (κ1) is 18.0. The predicted octanol–water partition coefficient (Wildman–Crippen LogP) is 3.22. The van der Waals surface area contributed by atoms with Crippen LogP contribution in [0.3, 0.4) is 0 Å². The van der Waals surface area contributed by atoms with Crippen LogP contribution in [0, 0.1) is 20.8 Å². The van der Waals surface area contributed by atoms with Gasteiger partial charge in [0.1, 0.15) is 24.7 Å². The van der Waals surface area contributed by atoms with E-state index in [1.807, 2.05) is 6.92 Å². The Morgan fingerprint density at radius 1 is 1.24 bits per heavy atom. The molecule has 1 saturated heterocycles. The van der Waals surface area contributed by atoms with E-state index in [9.17, 15) is 5.11 Å². The smallest absolute Gasteiger partial charge is 0.197 e. The van der Waals surface area contributed by atoms with Crippen LogP contribution in [-0.2, 0) is 0 Å². The quantitative estimate of drug-likeness (QED) is 0.872. The minimum absolute atomic E-state index is 0.324. The standard InChI is InChI=1S/C20H28N2O3/c1-14-4-5-15(2)19(16(14)3)25-13-18(23)12-22-9-6-17(7-10-22)20-21-8-11-24-20/h4-5,8,11,17-18,23H,6-7,9-10,12-13H2,1-3H3/t18-/m0/s1. The van der Waals surface area contributed by atoms with Gasteiger partial charge in [0.2, 0.25) is 0 Å². The number of β-amino-alcohol motifs (C(OH)–C–C–N with tert-alkyl or cyclic N) is 1. The van der Waals surface area contributed by atoms with Crippen molar-refractivity contribution in [1.82, 2.24) is 9.88 Å². The monoisotopic (exact) mass is 344 g/mol. The molecular formula is C20H28N2O3. The van der Waals surface area contributed by atoms with Crippen molar-refractivity contribution in [1.29, 1.82) is 0 Å². The summed E-state index contributed by atoms with van der Waals surface area (Å²) >= 11 is 0. The van der Waals surface area contributed by atoms with E-state index < -0.39 is 6.10 Å². The highest BCUT2D eigenvalue weighted by Gasteiger charge is 2.24. The average Bonchev–Trinajstić information content (AvgIpc) is 3.13. The van der Waals surface area contributed by atoms with Crippen molar-refractivity contribution in [3.8, 4) is 5.75 Å². The highest BCUT2D eigenvalue weighted by molar-refractivity contribution is 5.44. The van der Waals surface area contributed by atoms with Crippen molar-refractivity contribution in [2.24, 2.45) is 0 Å². The topological polar surface area (TPSA) is 58.7 Å². The fourth-order valence-electron chi connectivity index (χ4n) is 3.48. The molecule has 1 aromatic heterocycles. The Morgan fingerprint density at radius 3 is 2.64 bits per heavy atom. The average molecular weight is 344 g/mol. The highest BCUT2D eigenvalue weighted by Crippen LogP contribution is 2.27. The van der Waals surface area contributed by atoms with E-state index in [1.165, 1.54) is 5.56 Å². The normalized spacial score (nSPS) is 17.6. The van der Waals surface area contributed by atoms with Gasteiger partial charge in [-0.3, -0.25) is 0 Å². The van der Waals surface area contributed by atoms with Gasteiger partial charge in [0.05, 0.1) is 6.20 Å². The third-order valence-electron chi connectivity index (χ3n) is 5.15. The number of aliphatic hydroxyl groups is 1. The van der Waals surface area contributed by atoms with Crippen molar-refractivity contribution < 1.29 is 14.3 Å². The summed E-state index contributed by atoms with van der Waals surface area (Å²) in [6.07, 6.45) is 4.89. The number of benzene rings is 1. The first-order valence-corrected chi connectivity index (χ1v) is 9.04. The first-order valence-electron chi connectivity index (χ1n) is 9.04. The Kier molecular flexibility index (Phi) is 5.76. The lowest BCUT2D eigenvalue weighted by atomic mass is 9.96. The van der Waals surface area contributed by atoms with Crippen LogP contribution in [0.5, 0.6) is 5.75 Å². The number of aliphatic hydroxyl groups excluding tert-OH is 1. The van der Waals surface area contributed by atoms with Crippen molar-refractivity contribution in [2.45, 2.75) is 45.6 Å². The lowest BCUT2D eigenvalue weighted by Crippen LogP contribution is -2.40. The second-order valence-corrected chi connectivity index (χ2v) is 7.06. The van der Waals surface area contributed by atoms with E-state index in [4.69, 9.17) is 9.15 Å². The summed E-state index contributed by atoms with van der Waals surface area (Å²) in [5.74, 6) is 2.15. The molecule has 1 fully saturated rings. The molecule has 3 rings (SSSR count). The summed E-state index contributed by atoms with van der Waals surface area (Å²) in [6.45, 7) is 9.06. The molecule has 0 aliphatic carbocycles. The van der Waals surface area contributed by atoms with Gasteiger partial charge < -0.3 is 19.2 Å². The number of aromatic nitrogens is 1. The fourth-order valence-corrected chi connectivity index (χ4v) is 3.48. The summed E-state index contributed by atoms with van der Waals surface area (Å²) in [5, 5.41) is 10.4. The molecule has 0 radical (unpaired) electrons. The third kappa shape index (κ3) is 4.41. The number of piperidine rings is 1. The summed E-state index contributed by atoms with van der Waals surface area (Å²) < 4.78 is 11.3. The number of hydrogen-bond donors (Lipinski definition) is 1. The van der Waals surface area contributed by atoms with Gasteiger partial charge >= 0.3 is 0 Å². The molecule has 2 heterocycles. The SMILES string of the molecule is Cc1ccc(C)c(OC[C@@H](O)CN2CCC(c3ncco3)CC2)c1C. The second kappa shape index (κ2) is 8.02. The summed E-state index contributed by atoms with van der Waals surface area (Å²) in [4.78, 5) is 6.55. The van der Waals surface area contributed by atoms with Gasteiger partial charge in [-0.2, -0.15) is 0 Å². The Labute approximate surface area is 149 Å². The molecule has 0 spiro atoms. The molecule has 1 aromatic carbocycles. The number of hydrogen-bond acceptors (Lipinski definition) is 5. The van der Waals surface area contributed by atoms with E-state index in [0.29, 0.717) is 19.1 Å². The molecule has 1 atom stereocenters. The Balaban J connectivity index is 1.46. The van der Waals surface area contributed by atoms with Gasteiger partial charge in [0, 0.05) is 12.5 Å². The minimum atomic E-state index is -0.488. The number of likely N-dealkylation sites (tertiary alicyclic amines) is 1. The Morgan fingerprint density at radius 2 is 1.96 bits per heavy atom. The highest BCUT2D eigenvalue weighted by atomic mass is 16.5. The lowest BCUT2D eigenvalue weighted by molar-refractivity contribution is 0.0578. The summed E-state index contributed by atoms with van der Waals surface area (Å²) in [7, 11) is 0. The van der Waals surface area contributed by atoms with Crippen molar-refractivity contribution >= 4 is 0 Å². The molecule has 5 heteroatoms. The minimum Gasteiger partial charge on any atom is -0.490 e. The number of ether oxygens (including phenoxy) is 1. The number of nitrogens with zero attached hydrogens (tertiary/aromatic N) is 2. The zero-order chi connectivity index (χ0) is 17.8. The number of rotatable bonds is 6. The van der Waals surface area contributed by atoms with Crippen LogP contribution in [0.1, 0.15) is 41.3 Å². The van der Waals surface area contributed by atoms with Crippen LogP contribution in [0.4, 0.5) is 0 Å². The molecule has 0 unspecified atom stereocenters. The van der Waals surface area contributed by atoms with Gasteiger partial charge in [-0.25, -0.2) is 4.98 Å². The van der Waals surface area contributed by atoms with Crippen molar-refractivity contribution in [3.63, 3.8) is 0 Å². The van der Waals surface area contributed by atoms with Gasteiger partial charge in [0.25, 0.3) is 0 Å². The molecule has 5 nitrogen and oxygen atoms in total. The first-order chi connectivity index (χ1) is 12.0. The summed E-state index contributed by atoms with van der Waals surface area (Å²) in [6, 6.07) is 4.17. The van der Waals surface area contributed by atoms with E-state index in [2.05, 4.69) is 35.9 Å². The second-order valence-electron chi connectivity index (χ2n) is 7.06. The Bertz CT molecular complexity index is 676. The zero-order valence-electron chi connectivity index (χ0n) is 15.4. The van der Waals surface area contributed by atoms with E-state index in [-0.39, 0.29) is 0 Å². The van der Waals surface area contributed by atoms with Crippen LogP contribution in [0.25, 0.3) is 0 Å². The molecule has 0 amide bonds. The molecule has 0 bridgehead atoms. The lowest BCUT2D eigenvalue weighted by Gasteiger charge is -2.32. The van der Waals surface area contributed by atoms with Gasteiger partial charge in [0.15, 0.2) is 5.89 Å². The molecule has 2 aromatic rings. The van der Waals surface area contributed by atoms with Crippen LogP contribution in [0.2, 0.25) is 0 Å². The maximum atomic E-state index is 10.4. The molecule has 1 N–H and O–H groups in total. The van der Waals surface area contributed by atoms with Gasteiger partial charge in [-0.05, 0) is 63.4 Å². The van der Waals surface area contributed by atoms with Gasteiger partial charge in [-0.15, -0.1) is 0 Å². The van der Waals surface area contributed by atoms with Crippen LogP contribution in [0.15, 0.2) is 29.0 Å². The van der Waals surface area contributed by atoms with Crippen LogP contribution in [-0.4, -0.2) is 47.3 Å². The molecule has 25 heavy (non-hydrogen) atoms. The van der Waals surface area contributed by atoms with E-state index >= 15 is 0 Å². The molecule has 0 saturated carbocycles. The maximum absolute atomic E-state index is 10.4. The third-order valence-corrected chi connectivity index (χ3v) is 5.15. The predicted molar refractivity (Wildman–Crippen MR) is 97.1 cm³/mol. The summed E-state index contributed by atoms with van der Waals surface area (Å²) in [5.41, 5.74) is 3.48. The molecular weight excluding hydrogens is 316 g/mol. The van der Waals surface area contributed by atoms with Crippen molar-refractivity contribution in [3.05, 3.63) is 47.2 Å². The van der Waals surface area contributed by atoms with Crippen LogP contribution < -0.4 is 4.74 Å². The fraction of sp³-hybridized carbons (Fsp3) is 0.550. The Hall–Kier alpha value is -1.85. The maximum Gasteiger partial charge on any atom is 0.197 e.